The molecular formula is C15H18N4O3S. The van der Waals surface area contributed by atoms with Crippen LogP contribution in [0.15, 0.2) is 22.0 Å². The van der Waals surface area contributed by atoms with Crippen molar-refractivity contribution in [3.05, 3.63) is 34.1 Å². The maximum atomic E-state index is 12.7. The average Bonchev–Trinajstić information content (AvgIpc) is 3.17. The number of carbonyl (C=O) groups is 2. The largest absolute Gasteiger partial charge is 0.337 e. The first-order chi connectivity index (χ1) is 10.9. The van der Waals surface area contributed by atoms with E-state index in [1.54, 1.807) is 6.92 Å². The second-order valence-corrected chi connectivity index (χ2v) is 7.07. The number of rotatable bonds is 5. The van der Waals surface area contributed by atoms with E-state index in [1.165, 1.54) is 11.3 Å². The van der Waals surface area contributed by atoms with Gasteiger partial charge in [-0.3, -0.25) is 9.69 Å². The molecule has 3 rings (SSSR count). The second kappa shape index (κ2) is 5.77. The summed E-state index contributed by atoms with van der Waals surface area (Å²) in [5.74, 6) is 0.940. The molecule has 0 aromatic carbocycles. The molecule has 3 heterocycles. The Morgan fingerprint density at radius 2 is 2.22 bits per heavy atom. The fourth-order valence-electron chi connectivity index (χ4n) is 2.51. The van der Waals surface area contributed by atoms with Gasteiger partial charge in [0.15, 0.2) is 11.4 Å². The van der Waals surface area contributed by atoms with E-state index in [0.717, 1.165) is 9.78 Å². The Labute approximate surface area is 137 Å². The van der Waals surface area contributed by atoms with Gasteiger partial charge < -0.3 is 9.84 Å². The zero-order valence-corrected chi connectivity index (χ0v) is 14.0. The van der Waals surface area contributed by atoms with Crippen molar-refractivity contribution in [1.82, 2.24) is 20.4 Å². The molecule has 2 aromatic rings. The molecule has 1 aliphatic rings. The van der Waals surface area contributed by atoms with Gasteiger partial charge in [0.25, 0.3) is 5.91 Å². The van der Waals surface area contributed by atoms with Crippen molar-refractivity contribution in [2.75, 3.05) is 0 Å². The van der Waals surface area contributed by atoms with Gasteiger partial charge in [0.05, 0.1) is 0 Å². The lowest BCUT2D eigenvalue weighted by Gasteiger charge is -2.19. The lowest BCUT2D eigenvalue weighted by atomic mass is 10.0. The van der Waals surface area contributed by atoms with Gasteiger partial charge in [0.1, 0.15) is 6.54 Å². The maximum absolute atomic E-state index is 12.7. The summed E-state index contributed by atoms with van der Waals surface area (Å²) in [7, 11) is 0. The molecule has 0 aliphatic carbocycles. The van der Waals surface area contributed by atoms with Crippen molar-refractivity contribution in [2.45, 2.75) is 39.3 Å². The summed E-state index contributed by atoms with van der Waals surface area (Å²) < 4.78 is 5.15. The number of amides is 3. The summed E-state index contributed by atoms with van der Waals surface area (Å²) in [6.07, 6.45) is 0.691. The lowest BCUT2D eigenvalue weighted by Crippen LogP contribution is -2.40. The Kier molecular flexibility index (Phi) is 3.93. The van der Waals surface area contributed by atoms with Crippen LogP contribution in [-0.4, -0.2) is 27.0 Å². The number of hydrogen-bond donors (Lipinski definition) is 1. The van der Waals surface area contributed by atoms with Crippen molar-refractivity contribution in [2.24, 2.45) is 5.92 Å². The number of thiophene rings is 1. The Bertz CT molecular complexity index is 725. The molecule has 1 fully saturated rings. The highest BCUT2D eigenvalue weighted by Gasteiger charge is 2.50. The van der Waals surface area contributed by atoms with Crippen LogP contribution in [0.5, 0.6) is 0 Å². The van der Waals surface area contributed by atoms with Gasteiger partial charge in [-0.1, -0.05) is 25.1 Å². The number of carbonyl (C=O) groups excluding carboxylic acids is 2. The first kappa shape index (κ1) is 15.7. The fourth-order valence-corrected chi connectivity index (χ4v) is 3.34. The number of imide groups is 1. The molecule has 1 atom stereocenters. The van der Waals surface area contributed by atoms with Crippen molar-refractivity contribution in [3.8, 4) is 0 Å². The molecular weight excluding hydrogens is 316 g/mol. The van der Waals surface area contributed by atoms with Gasteiger partial charge in [-0.05, 0) is 24.3 Å². The Hall–Kier alpha value is -2.22. The summed E-state index contributed by atoms with van der Waals surface area (Å²) in [5, 5.41) is 8.50. The summed E-state index contributed by atoms with van der Waals surface area (Å²) in [4.78, 5) is 31.0. The molecule has 0 bridgehead atoms. The molecule has 3 amide bonds. The van der Waals surface area contributed by atoms with E-state index in [9.17, 15) is 9.59 Å². The fraction of sp³-hybridized carbons (Fsp3) is 0.467. The average molecular weight is 334 g/mol. The molecule has 0 saturated carbocycles. The smallest absolute Gasteiger partial charge is 0.325 e. The molecule has 0 radical (unpaired) electrons. The van der Waals surface area contributed by atoms with Crippen LogP contribution in [0.25, 0.3) is 0 Å². The minimum absolute atomic E-state index is 0.0171. The Morgan fingerprint density at radius 1 is 1.43 bits per heavy atom. The van der Waals surface area contributed by atoms with Gasteiger partial charge >= 0.3 is 6.03 Å². The van der Waals surface area contributed by atoms with E-state index in [1.807, 2.05) is 17.5 Å². The number of aromatic nitrogens is 2. The second-order valence-electron chi connectivity index (χ2n) is 6.13. The first-order valence-electron chi connectivity index (χ1n) is 7.39. The molecule has 1 unspecified atom stereocenters. The highest BCUT2D eigenvalue weighted by atomic mass is 32.1. The zero-order chi connectivity index (χ0) is 16.6. The van der Waals surface area contributed by atoms with Crippen LogP contribution in [0, 0.1) is 5.92 Å². The van der Waals surface area contributed by atoms with Crippen molar-refractivity contribution in [1.29, 1.82) is 0 Å². The summed E-state index contributed by atoms with van der Waals surface area (Å²) in [6.45, 7) is 5.80. The minimum atomic E-state index is -1.04. The van der Waals surface area contributed by atoms with Crippen molar-refractivity contribution in [3.63, 3.8) is 0 Å². The van der Waals surface area contributed by atoms with Gasteiger partial charge in [0, 0.05) is 11.3 Å². The highest BCUT2D eigenvalue weighted by Crippen LogP contribution is 2.32. The van der Waals surface area contributed by atoms with Crippen LogP contribution in [0.1, 0.15) is 37.4 Å². The third-order valence-corrected chi connectivity index (χ3v) is 4.77. The number of nitrogens with zero attached hydrogens (tertiary/aromatic N) is 3. The third kappa shape index (κ3) is 2.86. The standard InChI is InChI=1S/C15H18N4O3S/c1-9(2)7-11-16-12(22-18-11)8-19-13(20)15(3,17-14(19)21)10-5-4-6-23-10/h4-6,9H,7-8H2,1-3H3,(H,17,21). The summed E-state index contributed by atoms with van der Waals surface area (Å²) in [5.41, 5.74) is -1.04. The molecule has 1 N–H and O–H groups in total. The SMILES string of the molecule is CC(C)Cc1noc(CN2C(=O)NC(C)(c3cccs3)C2=O)n1. The van der Waals surface area contributed by atoms with Crippen LogP contribution in [0.4, 0.5) is 4.79 Å². The zero-order valence-electron chi connectivity index (χ0n) is 13.2. The van der Waals surface area contributed by atoms with Gasteiger partial charge in [0.2, 0.25) is 5.89 Å². The normalized spacial score (nSPS) is 21.3. The van der Waals surface area contributed by atoms with Crippen LogP contribution in [0.2, 0.25) is 0 Å². The molecule has 2 aromatic heterocycles. The van der Waals surface area contributed by atoms with Crippen molar-refractivity contribution >= 4 is 23.3 Å². The molecule has 1 aliphatic heterocycles. The molecule has 7 nitrogen and oxygen atoms in total. The molecule has 122 valence electrons. The quantitative estimate of drug-likeness (QED) is 0.848. The van der Waals surface area contributed by atoms with E-state index >= 15 is 0 Å². The monoisotopic (exact) mass is 334 g/mol. The van der Waals surface area contributed by atoms with E-state index in [4.69, 9.17) is 4.52 Å². The lowest BCUT2D eigenvalue weighted by molar-refractivity contribution is -0.131. The molecule has 8 heteroatoms. The number of urea groups is 1. The molecule has 23 heavy (non-hydrogen) atoms. The minimum Gasteiger partial charge on any atom is -0.337 e. The predicted molar refractivity (Wildman–Crippen MR) is 83.6 cm³/mol. The van der Waals surface area contributed by atoms with Gasteiger partial charge in [-0.15, -0.1) is 11.3 Å². The molecule has 0 spiro atoms. The molecule has 1 saturated heterocycles. The highest BCUT2D eigenvalue weighted by molar-refractivity contribution is 7.10. The van der Waals surface area contributed by atoms with E-state index in [-0.39, 0.29) is 18.3 Å². The first-order valence-corrected chi connectivity index (χ1v) is 8.27. The van der Waals surface area contributed by atoms with Crippen LogP contribution in [0.3, 0.4) is 0 Å². The van der Waals surface area contributed by atoms with Crippen LogP contribution in [-0.2, 0) is 23.3 Å². The predicted octanol–water partition coefficient (Wildman–Crippen LogP) is 2.30. The van der Waals surface area contributed by atoms with E-state index in [0.29, 0.717) is 18.2 Å². The van der Waals surface area contributed by atoms with Crippen LogP contribution >= 0.6 is 11.3 Å². The van der Waals surface area contributed by atoms with Crippen LogP contribution < -0.4 is 5.32 Å². The van der Waals surface area contributed by atoms with E-state index < -0.39 is 11.6 Å². The third-order valence-electron chi connectivity index (χ3n) is 3.68. The maximum Gasteiger partial charge on any atom is 0.325 e. The Balaban J connectivity index is 1.77. The van der Waals surface area contributed by atoms with Gasteiger partial charge in [-0.2, -0.15) is 4.98 Å². The van der Waals surface area contributed by atoms with Crippen molar-refractivity contribution < 1.29 is 14.1 Å². The van der Waals surface area contributed by atoms with E-state index in [2.05, 4.69) is 29.3 Å². The Morgan fingerprint density at radius 3 is 2.87 bits per heavy atom. The van der Waals surface area contributed by atoms with Gasteiger partial charge in [-0.25, -0.2) is 4.79 Å². The summed E-state index contributed by atoms with van der Waals surface area (Å²) >= 11 is 1.43. The topological polar surface area (TPSA) is 88.3 Å². The summed E-state index contributed by atoms with van der Waals surface area (Å²) in [6, 6.07) is 3.23. The number of nitrogens with one attached hydrogen (secondary N) is 1. The number of hydrogen-bond acceptors (Lipinski definition) is 6.